The van der Waals surface area contributed by atoms with E-state index in [1.165, 1.54) is 0 Å². The van der Waals surface area contributed by atoms with Crippen molar-refractivity contribution in [1.82, 2.24) is 5.32 Å². The Morgan fingerprint density at radius 1 is 1.44 bits per heavy atom. The molecule has 84 valence electrons. The molecule has 0 amide bonds. The van der Waals surface area contributed by atoms with Gasteiger partial charge in [0.05, 0.1) is 0 Å². The lowest BCUT2D eigenvalue weighted by molar-refractivity contribution is 0.161. The standard InChI is InChI=1S/C12H14N2O2/c15-9-3-1-2-8(6-9)12-14-10-7-13-5-4-11(10)16-12/h1-3,6,10-11,13,15H,4-5,7H2. The third-order valence-corrected chi connectivity index (χ3v) is 3.03. The summed E-state index contributed by atoms with van der Waals surface area (Å²) in [5, 5.41) is 12.7. The molecule has 3 rings (SSSR count). The zero-order valence-corrected chi connectivity index (χ0v) is 8.89. The molecule has 0 bridgehead atoms. The number of aliphatic imine (C=N–C) groups is 1. The van der Waals surface area contributed by atoms with Crippen LogP contribution in [0.2, 0.25) is 0 Å². The average Bonchev–Trinajstić information content (AvgIpc) is 2.72. The maximum absolute atomic E-state index is 9.41. The van der Waals surface area contributed by atoms with Crippen LogP contribution in [0.1, 0.15) is 12.0 Å². The molecule has 0 aliphatic carbocycles. The molecule has 4 nitrogen and oxygen atoms in total. The van der Waals surface area contributed by atoms with Crippen molar-refractivity contribution in [3.05, 3.63) is 29.8 Å². The molecule has 1 aromatic rings. The van der Waals surface area contributed by atoms with Gasteiger partial charge in [0.1, 0.15) is 17.9 Å². The number of hydrogen-bond acceptors (Lipinski definition) is 4. The lowest BCUT2D eigenvalue weighted by Gasteiger charge is -2.23. The van der Waals surface area contributed by atoms with Crippen LogP contribution in [0.5, 0.6) is 5.75 Å². The van der Waals surface area contributed by atoms with Gasteiger partial charge in [-0.05, 0) is 31.2 Å². The molecule has 2 unspecified atom stereocenters. The van der Waals surface area contributed by atoms with Gasteiger partial charge >= 0.3 is 0 Å². The maximum atomic E-state index is 9.41. The number of phenolic OH excluding ortho intramolecular Hbond substituents is 1. The van der Waals surface area contributed by atoms with Crippen LogP contribution in [0.3, 0.4) is 0 Å². The molecule has 1 saturated heterocycles. The van der Waals surface area contributed by atoms with Crippen molar-refractivity contribution in [3.63, 3.8) is 0 Å². The molecule has 2 N–H and O–H groups in total. The Morgan fingerprint density at radius 2 is 2.38 bits per heavy atom. The Labute approximate surface area is 94.0 Å². The summed E-state index contributed by atoms with van der Waals surface area (Å²) in [7, 11) is 0. The first-order chi connectivity index (χ1) is 7.83. The minimum absolute atomic E-state index is 0.207. The largest absolute Gasteiger partial charge is 0.508 e. The van der Waals surface area contributed by atoms with Gasteiger partial charge in [-0.2, -0.15) is 0 Å². The van der Waals surface area contributed by atoms with Gasteiger partial charge in [-0.1, -0.05) is 6.07 Å². The van der Waals surface area contributed by atoms with Gasteiger partial charge in [-0.15, -0.1) is 0 Å². The second-order valence-corrected chi connectivity index (χ2v) is 4.20. The van der Waals surface area contributed by atoms with Crippen LogP contribution in [-0.2, 0) is 4.74 Å². The molecule has 0 saturated carbocycles. The minimum Gasteiger partial charge on any atom is -0.508 e. The molecule has 0 spiro atoms. The quantitative estimate of drug-likeness (QED) is 0.736. The van der Waals surface area contributed by atoms with E-state index in [1.807, 2.05) is 6.07 Å². The van der Waals surface area contributed by atoms with Gasteiger partial charge in [0.15, 0.2) is 0 Å². The first kappa shape index (κ1) is 9.66. The van der Waals surface area contributed by atoms with Crippen molar-refractivity contribution in [2.24, 2.45) is 4.99 Å². The van der Waals surface area contributed by atoms with Crippen molar-refractivity contribution in [3.8, 4) is 5.75 Å². The van der Waals surface area contributed by atoms with E-state index in [2.05, 4.69) is 10.3 Å². The van der Waals surface area contributed by atoms with Crippen molar-refractivity contribution in [2.45, 2.75) is 18.6 Å². The van der Waals surface area contributed by atoms with Crippen molar-refractivity contribution in [1.29, 1.82) is 0 Å². The van der Waals surface area contributed by atoms with E-state index in [-0.39, 0.29) is 17.9 Å². The second-order valence-electron chi connectivity index (χ2n) is 4.20. The number of nitrogens with one attached hydrogen (secondary N) is 1. The number of aromatic hydroxyl groups is 1. The van der Waals surface area contributed by atoms with Gasteiger partial charge in [0.2, 0.25) is 5.90 Å². The van der Waals surface area contributed by atoms with Crippen LogP contribution in [-0.4, -0.2) is 36.2 Å². The highest BCUT2D eigenvalue weighted by Gasteiger charge is 2.33. The molecule has 16 heavy (non-hydrogen) atoms. The summed E-state index contributed by atoms with van der Waals surface area (Å²) in [4.78, 5) is 4.54. The summed E-state index contributed by atoms with van der Waals surface area (Å²) in [5.74, 6) is 0.909. The lowest BCUT2D eigenvalue weighted by Crippen LogP contribution is -2.41. The fourth-order valence-corrected chi connectivity index (χ4v) is 2.19. The van der Waals surface area contributed by atoms with E-state index in [0.717, 1.165) is 25.1 Å². The van der Waals surface area contributed by atoms with Crippen molar-refractivity contribution < 1.29 is 9.84 Å². The van der Waals surface area contributed by atoms with Gasteiger partial charge in [0, 0.05) is 12.1 Å². The molecule has 0 aromatic heterocycles. The number of ether oxygens (including phenoxy) is 1. The van der Waals surface area contributed by atoms with E-state index in [1.54, 1.807) is 18.2 Å². The van der Waals surface area contributed by atoms with Crippen LogP contribution >= 0.6 is 0 Å². The first-order valence-corrected chi connectivity index (χ1v) is 5.57. The molecule has 2 aliphatic rings. The van der Waals surface area contributed by atoms with Gasteiger partial charge in [0.25, 0.3) is 0 Å². The third kappa shape index (κ3) is 1.65. The van der Waals surface area contributed by atoms with Gasteiger partial charge in [-0.25, -0.2) is 4.99 Å². The van der Waals surface area contributed by atoms with E-state index in [0.29, 0.717) is 5.90 Å². The molecule has 2 heterocycles. The Morgan fingerprint density at radius 3 is 3.19 bits per heavy atom. The van der Waals surface area contributed by atoms with E-state index >= 15 is 0 Å². The first-order valence-electron chi connectivity index (χ1n) is 5.57. The molecular weight excluding hydrogens is 204 g/mol. The SMILES string of the molecule is Oc1cccc(C2=NC3CNCCC3O2)c1. The maximum Gasteiger partial charge on any atom is 0.217 e. The topological polar surface area (TPSA) is 53.9 Å². The highest BCUT2D eigenvalue weighted by molar-refractivity contribution is 5.95. The number of fused-ring (bicyclic) bond motifs is 1. The second kappa shape index (κ2) is 3.79. The van der Waals surface area contributed by atoms with Crippen LogP contribution in [0.25, 0.3) is 0 Å². The van der Waals surface area contributed by atoms with E-state index < -0.39 is 0 Å². The summed E-state index contributed by atoms with van der Waals surface area (Å²) in [6, 6.07) is 7.27. The molecule has 1 aromatic carbocycles. The molecule has 2 atom stereocenters. The Balaban J connectivity index is 1.86. The zero-order valence-electron chi connectivity index (χ0n) is 8.89. The van der Waals surface area contributed by atoms with Crippen molar-refractivity contribution in [2.75, 3.05) is 13.1 Å². The van der Waals surface area contributed by atoms with Crippen LogP contribution in [0, 0.1) is 0 Å². The Kier molecular flexibility index (Phi) is 2.29. The summed E-state index contributed by atoms with van der Waals surface area (Å²) in [6.45, 7) is 1.87. The monoisotopic (exact) mass is 218 g/mol. The normalized spacial score (nSPS) is 28.1. The molecule has 2 aliphatic heterocycles. The predicted octanol–water partition coefficient (Wildman–Crippen LogP) is 0.899. The van der Waals surface area contributed by atoms with Crippen LogP contribution in [0.4, 0.5) is 0 Å². The fraction of sp³-hybridized carbons (Fsp3) is 0.417. The van der Waals surface area contributed by atoms with Crippen LogP contribution < -0.4 is 5.32 Å². The number of hydrogen-bond donors (Lipinski definition) is 2. The minimum atomic E-state index is 0.207. The van der Waals surface area contributed by atoms with Crippen molar-refractivity contribution >= 4 is 5.90 Å². The molecule has 4 heteroatoms. The fourth-order valence-electron chi connectivity index (χ4n) is 2.19. The Bertz CT molecular complexity index is 431. The van der Waals surface area contributed by atoms with E-state index in [9.17, 15) is 5.11 Å². The van der Waals surface area contributed by atoms with Crippen LogP contribution in [0.15, 0.2) is 29.3 Å². The molecule has 0 radical (unpaired) electrons. The number of piperidine rings is 1. The smallest absolute Gasteiger partial charge is 0.217 e. The predicted molar refractivity (Wildman–Crippen MR) is 60.8 cm³/mol. The number of nitrogens with zero attached hydrogens (tertiary/aromatic N) is 1. The highest BCUT2D eigenvalue weighted by atomic mass is 16.5. The van der Waals surface area contributed by atoms with E-state index in [4.69, 9.17) is 4.74 Å². The summed E-state index contributed by atoms with van der Waals surface area (Å²) >= 11 is 0. The number of phenols is 1. The molecular formula is C12H14N2O2. The number of rotatable bonds is 1. The number of benzene rings is 1. The highest BCUT2D eigenvalue weighted by Crippen LogP contribution is 2.23. The molecule has 1 fully saturated rings. The zero-order chi connectivity index (χ0) is 11.0. The van der Waals surface area contributed by atoms with Gasteiger partial charge in [-0.3, -0.25) is 0 Å². The lowest BCUT2D eigenvalue weighted by atomic mass is 10.1. The van der Waals surface area contributed by atoms with Gasteiger partial charge < -0.3 is 15.2 Å². The Hall–Kier alpha value is -1.55. The summed E-state index contributed by atoms with van der Waals surface area (Å²) in [6.07, 6.45) is 1.20. The summed E-state index contributed by atoms with van der Waals surface area (Å²) < 4.78 is 5.81. The third-order valence-electron chi connectivity index (χ3n) is 3.03. The average molecular weight is 218 g/mol. The summed E-state index contributed by atoms with van der Waals surface area (Å²) in [5.41, 5.74) is 0.856.